The molecule has 3 aromatic rings. The number of methoxy groups -OCH3 is 2. The van der Waals surface area contributed by atoms with E-state index in [2.05, 4.69) is 18.8 Å². The van der Waals surface area contributed by atoms with Gasteiger partial charge in [-0.15, -0.1) is 11.3 Å². The maximum atomic E-state index is 12.2. The minimum Gasteiger partial charge on any atom is -0.497 e. The van der Waals surface area contributed by atoms with Crippen LogP contribution in [0.25, 0.3) is 11.3 Å². The van der Waals surface area contributed by atoms with Crippen LogP contribution in [0.4, 0.5) is 15.6 Å². The highest BCUT2D eigenvalue weighted by Gasteiger charge is 2.22. The molecule has 27 heavy (non-hydrogen) atoms. The fraction of sp³-hybridized carbons (Fsp3) is 0.238. The lowest BCUT2D eigenvalue weighted by Gasteiger charge is -2.18. The smallest absolute Gasteiger partial charge is 0.420 e. The number of ether oxygens (including phenoxy) is 2. The van der Waals surface area contributed by atoms with Crippen LogP contribution in [0, 0.1) is 0 Å². The predicted molar refractivity (Wildman–Crippen MR) is 111 cm³/mol. The molecule has 0 saturated carbocycles. The van der Waals surface area contributed by atoms with E-state index in [-0.39, 0.29) is 0 Å². The lowest BCUT2D eigenvalue weighted by atomic mass is 10.2. The fourth-order valence-electron chi connectivity index (χ4n) is 2.22. The topological polar surface area (TPSA) is 51.7 Å². The van der Waals surface area contributed by atoms with Gasteiger partial charge in [-0.3, -0.25) is 0 Å². The van der Waals surface area contributed by atoms with Gasteiger partial charge in [0.2, 0.25) is 0 Å². The molecule has 1 heterocycles. The molecule has 0 bridgehead atoms. The second-order valence-corrected chi connectivity index (χ2v) is 6.43. The zero-order valence-corrected chi connectivity index (χ0v) is 16.8. The van der Waals surface area contributed by atoms with Crippen molar-refractivity contribution in [1.82, 2.24) is 4.98 Å². The number of aromatic nitrogens is 1. The van der Waals surface area contributed by atoms with Gasteiger partial charge in [0.25, 0.3) is 0 Å². The van der Waals surface area contributed by atoms with Crippen LogP contribution in [-0.4, -0.2) is 25.3 Å². The average Bonchev–Trinajstić information content (AvgIpc) is 3.19. The third kappa shape index (κ3) is 5.31. The van der Waals surface area contributed by atoms with Crippen LogP contribution in [0.3, 0.4) is 0 Å². The monoisotopic (exact) mass is 384 g/mol. The average molecular weight is 385 g/mol. The number of nitrogens with zero attached hydrogens (tertiary/aromatic N) is 2. The highest BCUT2D eigenvalue weighted by Crippen LogP contribution is 2.33. The van der Waals surface area contributed by atoms with E-state index in [0.717, 1.165) is 17.0 Å². The number of benzene rings is 2. The van der Waals surface area contributed by atoms with E-state index in [0.29, 0.717) is 10.8 Å². The standard InChI is InChI=1S/C18H16N2O3S.C3H8/c1-22-15-10-8-13(9-11-15)16-12-24-17(19-16)20(18(21)23-2)14-6-4-3-5-7-14;1-3-2/h3-12H,1-2H3;3H2,1-2H3. The molecule has 6 heteroatoms. The molecule has 1 aromatic heterocycles. The van der Waals surface area contributed by atoms with Crippen molar-refractivity contribution in [3.63, 3.8) is 0 Å². The van der Waals surface area contributed by atoms with Crippen molar-refractivity contribution < 1.29 is 14.3 Å². The van der Waals surface area contributed by atoms with Gasteiger partial charge in [0.05, 0.1) is 25.6 Å². The summed E-state index contributed by atoms with van der Waals surface area (Å²) in [7, 11) is 2.99. The highest BCUT2D eigenvalue weighted by molar-refractivity contribution is 7.14. The van der Waals surface area contributed by atoms with Crippen molar-refractivity contribution in [3.05, 3.63) is 60.0 Å². The summed E-state index contributed by atoms with van der Waals surface area (Å²) in [5.74, 6) is 0.787. The van der Waals surface area contributed by atoms with Gasteiger partial charge in [-0.1, -0.05) is 38.5 Å². The van der Waals surface area contributed by atoms with E-state index >= 15 is 0 Å². The van der Waals surface area contributed by atoms with Crippen LogP contribution in [0.5, 0.6) is 5.75 Å². The molecule has 0 aliphatic heterocycles. The molecular formula is C21H24N2O3S. The summed E-state index contributed by atoms with van der Waals surface area (Å²) < 4.78 is 10.1. The Labute approximate surface area is 164 Å². The number of rotatable bonds is 4. The zero-order valence-electron chi connectivity index (χ0n) is 16.0. The van der Waals surface area contributed by atoms with Gasteiger partial charge in [-0.25, -0.2) is 14.7 Å². The van der Waals surface area contributed by atoms with E-state index in [4.69, 9.17) is 9.47 Å². The molecule has 0 atom stereocenters. The van der Waals surface area contributed by atoms with E-state index in [1.807, 2.05) is 60.0 Å². The summed E-state index contributed by atoms with van der Waals surface area (Å²) in [5.41, 5.74) is 2.46. The van der Waals surface area contributed by atoms with Gasteiger partial charge in [0, 0.05) is 10.9 Å². The van der Waals surface area contributed by atoms with E-state index in [9.17, 15) is 4.79 Å². The predicted octanol–water partition coefficient (Wildman–Crippen LogP) is 6.14. The Balaban J connectivity index is 0.000000817. The number of anilines is 2. The summed E-state index contributed by atoms with van der Waals surface area (Å²) in [5, 5.41) is 2.47. The Bertz CT molecular complexity index is 832. The summed E-state index contributed by atoms with van der Waals surface area (Å²) >= 11 is 1.38. The first kappa shape index (κ1) is 20.5. The molecule has 0 fully saturated rings. The maximum absolute atomic E-state index is 12.2. The summed E-state index contributed by atoms with van der Waals surface area (Å²) in [6.45, 7) is 4.25. The first-order chi connectivity index (χ1) is 13.1. The van der Waals surface area contributed by atoms with Gasteiger partial charge in [0.15, 0.2) is 5.13 Å². The molecule has 0 N–H and O–H groups in total. The molecule has 1 amide bonds. The van der Waals surface area contributed by atoms with Crippen molar-refractivity contribution in [2.24, 2.45) is 0 Å². The van der Waals surface area contributed by atoms with Crippen LogP contribution in [0.15, 0.2) is 60.0 Å². The quantitative estimate of drug-likeness (QED) is 0.542. The number of hydrogen-bond donors (Lipinski definition) is 0. The SMILES string of the molecule is CCC.COC(=O)N(c1ccccc1)c1nc(-c2ccc(OC)cc2)cs1. The van der Waals surface area contributed by atoms with Crippen molar-refractivity contribution in [2.45, 2.75) is 20.3 Å². The Kier molecular flexibility index (Phi) is 7.82. The van der Waals surface area contributed by atoms with Crippen LogP contribution < -0.4 is 9.64 Å². The summed E-state index contributed by atoms with van der Waals surface area (Å²) in [6, 6.07) is 16.9. The molecule has 0 unspecified atom stereocenters. The number of para-hydroxylation sites is 1. The minimum atomic E-state index is -0.475. The molecular weight excluding hydrogens is 360 g/mol. The molecule has 0 radical (unpaired) electrons. The third-order valence-corrected chi connectivity index (χ3v) is 4.27. The minimum absolute atomic E-state index is 0.475. The third-order valence-electron chi connectivity index (χ3n) is 3.44. The van der Waals surface area contributed by atoms with Crippen molar-refractivity contribution >= 4 is 28.2 Å². The lowest BCUT2D eigenvalue weighted by Crippen LogP contribution is -2.25. The van der Waals surface area contributed by atoms with Gasteiger partial charge in [0.1, 0.15) is 5.75 Å². The number of hydrogen-bond acceptors (Lipinski definition) is 5. The van der Waals surface area contributed by atoms with E-state index < -0.39 is 6.09 Å². The highest BCUT2D eigenvalue weighted by atomic mass is 32.1. The van der Waals surface area contributed by atoms with E-state index in [1.165, 1.54) is 29.8 Å². The normalized spacial score (nSPS) is 9.78. The lowest BCUT2D eigenvalue weighted by molar-refractivity contribution is 0.181. The van der Waals surface area contributed by atoms with Gasteiger partial charge in [-0.05, 0) is 36.4 Å². The fourth-order valence-corrected chi connectivity index (χ4v) is 3.07. The summed E-state index contributed by atoms with van der Waals surface area (Å²) in [6.07, 6.45) is 0.775. The van der Waals surface area contributed by atoms with Crippen molar-refractivity contribution in [1.29, 1.82) is 0 Å². The van der Waals surface area contributed by atoms with Crippen molar-refractivity contribution in [2.75, 3.05) is 19.1 Å². The van der Waals surface area contributed by atoms with Gasteiger partial charge >= 0.3 is 6.09 Å². The molecule has 2 aromatic carbocycles. The number of carbonyl (C=O) groups excluding carboxylic acids is 1. The van der Waals surface area contributed by atoms with Crippen LogP contribution in [-0.2, 0) is 4.74 Å². The Morgan fingerprint density at radius 3 is 2.22 bits per heavy atom. The largest absolute Gasteiger partial charge is 0.497 e. The van der Waals surface area contributed by atoms with E-state index in [1.54, 1.807) is 7.11 Å². The summed E-state index contributed by atoms with van der Waals surface area (Å²) in [4.78, 5) is 18.2. The Hall–Kier alpha value is -2.86. The maximum Gasteiger partial charge on any atom is 0.420 e. The Morgan fingerprint density at radius 1 is 1.04 bits per heavy atom. The van der Waals surface area contributed by atoms with Gasteiger partial charge in [-0.2, -0.15) is 0 Å². The van der Waals surface area contributed by atoms with Crippen LogP contribution in [0.2, 0.25) is 0 Å². The van der Waals surface area contributed by atoms with Gasteiger partial charge < -0.3 is 9.47 Å². The number of carbonyl (C=O) groups is 1. The molecule has 0 aliphatic rings. The molecule has 142 valence electrons. The molecule has 0 aliphatic carbocycles. The van der Waals surface area contributed by atoms with Crippen molar-refractivity contribution in [3.8, 4) is 17.0 Å². The second kappa shape index (κ2) is 10.3. The zero-order chi connectivity index (χ0) is 19.6. The first-order valence-corrected chi connectivity index (χ1v) is 9.55. The number of thiazole rings is 1. The number of amides is 1. The first-order valence-electron chi connectivity index (χ1n) is 8.67. The molecule has 0 spiro atoms. The molecule has 5 nitrogen and oxygen atoms in total. The Morgan fingerprint density at radius 2 is 1.67 bits per heavy atom. The van der Waals surface area contributed by atoms with Crippen LogP contribution >= 0.6 is 11.3 Å². The second-order valence-electron chi connectivity index (χ2n) is 5.59. The molecule has 3 rings (SSSR count). The van der Waals surface area contributed by atoms with Crippen LogP contribution in [0.1, 0.15) is 20.3 Å². The molecule has 0 saturated heterocycles.